The van der Waals surface area contributed by atoms with Crippen molar-refractivity contribution >= 4 is 23.2 Å². The Kier molecular flexibility index (Phi) is 2.77. The summed E-state index contributed by atoms with van der Waals surface area (Å²) in [6.45, 7) is 1.68. The molecule has 0 bridgehead atoms. The zero-order valence-corrected chi connectivity index (χ0v) is 7.52. The second kappa shape index (κ2) is 3.44. The molecule has 0 fully saturated rings. The predicted molar refractivity (Wildman–Crippen MR) is 47.1 cm³/mol. The van der Waals surface area contributed by atoms with Gasteiger partial charge in [-0.25, -0.2) is 0 Å². The van der Waals surface area contributed by atoms with E-state index in [9.17, 15) is 0 Å². The maximum atomic E-state index is 9.14. The normalized spacial score (nSPS) is 13.1. The minimum atomic E-state index is -0.496. The van der Waals surface area contributed by atoms with E-state index in [1.807, 2.05) is 0 Å². The van der Waals surface area contributed by atoms with Gasteiger partial charge in [-0.2, -0.15) is 0 Å². The summed E-state index contributed by atoms with van der Waals surface area (Å²) in [4.78, 5) is 0. The van der Waals surface area contributed by atoms with Crippen molar-refractivity contribution in [3.8, 4) is 0 Å². The number of benzene rings is 1. The molecule has 1 N–H and O–H groups in total. The highest BCUT2D eigenvalue weighted by molar-refractivity contribution is 6.42. The molecule has 0 spiro atoms. The number of aliphatic hydroxyl groups excluding tert-OH is 1. The summed E-state index contributed by atoms with van der Waals surface area (Å²) in [7, 11) is 0. The van der Waals surface area contributed by atoms with Crippen LogP contribution in [-0.2, 0) is 0 Å². The van der Waals surface area contributed by atoms with Crippen molar-refractivity contribution in [3.05, 3.63) is 33.8 Å². The second-order valence-electron chi connectivity index (χ2n) is 2.35. The summed E-state index contributed by atoms with van der Waals surface area (Å²) >= 11 is 11.4. The summed E-state index contributed by atoms with van der Waals surface area (Å²) < 4.78 is 0. The molecule has 0 aliphatic heterocycles. The van der Waals surface area contributed by atoms with Crippen LogP contribution in [-0.4, -0.2) is 5.11 Å². The number of rotatable bonds is 1. The number of hydrogen-bond donors (Lipinski definition) is 1. The molecule has 1 aromatic rings. The predicted octanol–water partition coefficient (Wildman–Crippen LogP) is 3.05. The third kappa shape index (κ3) is 2.09. The van der Waals surface area contributed by atoms with Crippen LogP contribution in [0, 0.1) is 0 Å². The first-order valence-corrected chi connectivity index (χ1v) is 4.00. The van der Waals surface area contributed by atoms with E-state index in [4.69, 9.17) is 28.3 Å². The van der Waals surface area contributed by atoms with Crippen LogP contribution in [0.3, 0.4) is 0 Å². The molecule has 0 saturated heterocycles. The third-order valence-electron chi connectivity index (χ3n) is 1.43. The van der Waals surface area contributed by atoms with Gasteiger partial charge in [0.15, 0.2) is 0 Å². The lowest BCUT2D eigenvalue weighted by atomic mass is 10.1. The van der Waals surface area contributed by atoms with Crippen LogP contribution in [0.1, 0.15) is 18.6 Å². The minimum absolute atomic E-state index is 0.477. The van der Waals surface area contributed by atoms with Gasteiger partial charge in [-0.05, 0) is 24.6 Å². The lowest BCUT2D eigenvalue weighted by Crippen LogP contribution is -1.89. The van der Waals surface area contributed by atoms with Crippen LogP contribution >= 0.6 is 23.2 Å². The molecular formula is C8H8Cl2O. The Hall–Kier alpha value is -0.240. The average molecular weight is 191 g/mol. The Morgan fingerprint density at radius 2 is 1.91 bits per heavy atom. The first-order chi connectivity index (χ1) is 5.11. The molecule has 3 heteroatoms. The molecule has 0 amide bonds. The monoisotopic (exact) mass is 190 g/mol. The van der Waals surface area contributed by atoms with Gasteiger partial charge >= 0.3 is 0 Å². The van der Waals surface area contributed by atoms with Crippen LogP contribution in [0.25, 0.3) is 0 Å². The third-order valence-corrected chi connectivity index (χ3v) is 2.17. The first kappa shape index (κ1) is 8.85. The molecule has 11 heavy (non-hydrogen) atoms. The average Bonchev–Trinajstić information content (AvgIpc) is 1.94. The molecule has 1 aromatic carbocycles. The van der Waals surface area contributed by atoms with Gasteiger partial charge in [-0.1, -0.05) is 29.3 Å². The van der Waals surface area contributed by atoms with Gasteiger partial charge < -0.3 is 5.11 Å². The lowest BCUT2D eigenvalue weighted by molar-refractivity contribution is 0.199. The summed E-state index contributed by atoms with van der Waals surface area (Å²) in [5.74, 6) is 0. The van der Waals surface area contributed by atoms with E-state index in [2.05, 4.69) is 0 Å². The summed E-state index contributed by atoms with van der Waals surface area (Å²) in [6.07, 6.45) is -0.496. The fourth-order valence-corrected chi connectivity index (χ4v) is 1.08. The molecule has 60 valence electrons. The molecule has 0 saturated carbocycles. The van der Waals surface area contributed by atoms with Gasteiger partial charge in [0.1, 0.15) is 0 Å². The molecule has 1 unspecified atom stereocenters. The van der Waals surface area contributed by atoms with E-state index in [1.54, 1.807) is 25.1 Å². The van der Waals surface area contributed by atoms with Crippen LogP contribution in [0.5, 0.6) is 0 Å². The quantitative estimate of drug-likeness (QED) is 0.723. The summed E-state index contributed by atoms with van der Waals surface area (Å²) in [5.41, 5.74) is 0.777. The van der Waals surface area contributed by atoms with Gasteiger partial charge in [0.2, 0.25) is 0 Å². The molecule has 0 aliphatic carbocycles. The van der Waals surface area contributed by atoms with Crippen molar-refractivity contribution in [1.82, 2.24) is 0 Å². The Balaban J connectivity index is 3.05. The zero-order chi connectivity index (χ0) is 8.43. The fourth-order valence-electron chi connectivity index (χ4n) is 0.772. The molecular weight excluding hydrogens is 183 g/mol. The second-order valence-corrected chi connectivity index (χ2v) is 3.16. The molecule has 0 radical (unpaired) electrons. The highest BCUT2D eigenvalue weighted by Crippen LogP contribution is 2.25. The minimum Gasteiger partial charge on any atom is -0.389 e. The standard InChI is InChI=1S/C8H8Cl2O/c1-5(11)6-2-3-7(9)8(10)4-6/h2-5,11H,1H3. The van der Waals surface area contributed by atoms with Crippen molar-refractivity contribution in [2.45, 2.75) is 13.0 Å². The van der Waals surface area contributed by atoms with E-state index >= 15 is 0 Å². The van der Waals surface area contributed by atoms with E-state index in [0.717, 1.165) is 5.56 Å². The van der Waals surface area contributed by atoms with Crippen molar-refractivity contribution in [1.29, 1.82) is 0 Å². The van der Waals surface area contributed by atoms with Crippen LogP contribution in [0.15, 0.2) is 18.2 Å². The Morgan fingerprint density at radius 1 is 1.27 bits per heavy atom. The van der Waals surface area contributed by atoms with Gasteiger partial charge in [-0.15, -0.1) is 0 Å². The smallest absolute Gasteiger partial charge is 0.0762 e. The van der Waals surface area contributed by atoms with E-state index in [0.29, 0.717) is 10.0 Å². The molecule has 0 aliphatic rings. The summed E-state index contributed by atoms with van der Waals surface area (Å²) in [6, 6.07) is 5.08. The van der Waals surface area contributed by atoms with Crippen LogP contribution < -0.4 is 0 Å². The van der Waals surface area contributed by atoms with Gasteiger partial charge in [0.05, 0.1) is 16.1 Å². The SMILES string of the molecule is CC(O)c1ccc(Cl)c(Cl)c1. The molecule has 1 atom stereocenters. The highest BCUT2D eigenvalue weighted by Gasteiger charge is 2.02. The zero-order valence-electron chi connectivity index (χ0n) is 6.01. The lowest BCUT2D eigenvalue weighted by Gasteiger charge is -2.04. The van der Waals surface area contributed by atoms with E-state index < -0.39 is 6.10 Å². The van der Waals surface area contributed by atoms with Crippen molar-refractivity contribution in [2.24, 2.45) is 0 Å². The Labute approximate surface area is 75.6 Å². The molecule has 1 nitrogen and oxygen atoms in total. The topological polar surface area (TPSA) is 20.2 Å². The maximum Gasteiger partial charge on any atom is 0.0762 e. The highest BCUT2D eigenvalue weighted by atomic mass is 35.5. The Morgan fingerprint density at radius 3 is 2.36 bits per heavy atom. The van der Waals surface area contributed by atoms with Crippen molar-refractivity contribution in [3.63, 3.8) is 0 Å². The van der Waals surface area contributed by atoms with Crippen LogP contribution in [0.4, 0.5) is 0 Å². The Bertz CT molecular complexity index is 258. The first-order valence-electron chi connectivity index (χ1n) is 3.24. The van der Waals surface area contributed by atoms with Crippen LogP contribution in [0.2, 0.25) is 10.0 Å². The van der Waals surface area contributed by atoms with E-state index in [-0.39, 0.29) is 0 Å². The van der Waals surface area contributed by atoms with Crippen molar-refractivity contribution < 1.29 is 5.11 Å². The number of aliphatic hydroxyl groups is 1. The van der Waals surface area contributed by atoms with Crippen molar-refractivity contribution in [2.75, 3.05) is 0 Å². The largest absolute Gasteiger partial charge is 0.389 e. The number of hydrogen-bond acceptors (Lipinski definition) is 1. The van der Waals surface area contributed by atoms with Gasteiger partial charge in [0.25, 0.3) is 0 Å². The van der Waals surface area contributed by atoms with Gasteiger partial charge in [-0.3, -0.25) is 0 Å². The molecule has 0 aromatic heterocycles. The fraction of sp³-hybridized carbons (Fsp3) is 0.250. The van der Waals surface area contributed by atoms with Gasteiger partial charge in [0, 0.05) is 0 Å². The molecule has 1 rings (SSSR count). The molecule has 0 heterocycles. The maximum absolute atomic E-state index is 9.14. The summed E-state index contributed by atoms with van der Waals surface area (Å²) in [5, 5.41) is 10.1. The van der Waals surface area contributed by atoms with E-state index in [1.165, 1.54) is 0 Å². The number of halogens is 2.